The molecule has 2 unspecified atom stereocenters. The van der Waals surface area contributed by atoms with Crippen LogP contribution >= 0.6 is 0 Å². The number of aliphatic hydroxyl groups excluding tert-OH is 1. The molecule has 0 aliphatic carbocycles. The summed E-state index contributed by atoms with van der Waals surface area (Å²) in [6, 6.07) is 4.32. The molecule has 3 heterocycles. The number of likely N-dealkylation sites (tertiary alicyclic amines) is 1. The maximum atomic E-state index is 14.9. The monoisotopic (exact) mass is 580 g/mol. The van der Waals surface area contributed by atoms with Crippen molar-refractivity contribution in [3.05, 3.63) is 54.6 Å². The number of allylic oxidation sites excluding steroid dienone is 1. The van der Waals surface area contributed by atoms with Gasteiger partial charge in [0, 0.05) is 12.2 Å². The molecule has 0 radical (unpaired) electrons. The van der Waals surface area contributed by atoms with Gasteiger partial charge in [-0.3, -0.25) is 14.4 Å². The maximum absolute atomic E-state index is 14.9. The number of esters is 1. The molecule has 3 aliphatic rings. The van der Waals surface area contributed by atoms with E-state index in [0.29, 0.717) is 25.7 Å². The number of rotatable bonds is 14. The number of anilines is 1. The highest BCUT2D eigenvalue weighted by molar-refractivity contribution is 6.05. The van der Waals surface area contributed by atoms with Crippen LogP contribution in [-0.4, -0.2) is 70.8 Å². The minimum atomic E-state index is -1.20. The molecule has 0 aromatic heterocycles. The van der Waals surface area contributed by atoms with Gasteiger partial charge >= 0.3 is 5.97 Å². The summed E-state index contributed by atoms with van der Waals surface area (Å²) in [4.78, 5) is 46.3. The zero-order valence-electron chi connectivity index (χ0n) is 25.9. The zero-order valence-corrected chi connectivity index (χ0v) is 25.9. The van der Waals surface area contributed by atoms with E-state index in [1.807, 2.05) is 58.9 Å². The first kappa shape index (κ1) is 32.0. The number of amides is 2. The van der Waals surface area contributed by atoms with Crippen molar-refractivity contribution < 1.29 is 29.0 Å². The van der Waals surface area contributed by atoms with Crippen LogP contribution in [0.15, 0.2) is 43.5 Å². The van der Waals surface area contributed by atoms with Crippen molar-refractivity contribution >= 4 is 23.5 Å². The molecule has 2 amide bonds. The number of fused-ring (bicyclic) bond motifs is 1. The highest BCUT2D eigenvalue weighted by atomic mass is 16.6. The standard InChI is InChI=1S/C34H48N2O6/c1-8-11-12-13-19-41-32(40)28-27-30(38)36(26(21-37)23(5)10-3)29(34(27)17-16-33(28,7)42-34)31(39)35(18-9-2)25-20-22(4)14-15-24(25)6/h8-9,14-15,20,23,26-29,37H,1-2,10-13,16-19,21H2,3-7H3/t23-,26-,27-,28+,29?,33-,34?/m0/s1. The lowest BCUT2D eigenvalue weighted by Crippen LogP contribution is -2.60. The van der Waals surface area contributed by atoms with E-state index in [1.165, 1.54) is 0 Å². The van der Waals surface area contributed by atoms with E-state index < -0.39 is 41.1 Å². The predicted molar refractivity (Wildman–Crippen MR) is 163 cm³/mol. The van der Waals surface area contributed by atoms with Crippen LogP contribution in [0.25, 0.3) is 0 Å². The molecule has 4 rings (SSSR count). The summed E-state index contributed by atoms with van der Waals surface area (Å²) in [5, 5.41) is 10.6. The minimum absolute atomic E-state index is 0.0823. The molecule has 3 aliphatic heterocycles. The van der Waals surface area contributed by atoms with Gasteiger partial charge in [0.2, 0.25) is 5.91 Å². The van der Waals surface area contributed by atoms with Crippen molar-refractivity contribution in [2.75, 3.05) is 24.7 Å². The minimum Gasteiger partial charge on any atom is -0.465 e. The van der Waals surface area contributed by atoms with E-state index >= 15 is 0 Å². The van der Waals surface area contributed by atoms with Crippen molar-refractivity contribution in [3.8, 4) is 0 Å². The summed E-state index contributed by atoms with van der Waals surface area (Å²) in [6.07, 6.45) is 7.60. The fourth-order valence-corrected chi connectivity index (χ4v) is 7.42. The van der Waals surface area contributed by atoms with Crippen LogP contribution < -0.4 is 4.90 Å². The first-order valence-electron chi connectivity index (χ1n) is 15.4. The van der Waals surface area contributed by atoms with Crippen LogP contribution in [0.4, 0.5) is 5.69 Å². The average molecular weight is 581 g/mol. The number of carbonyl (C=O) groups excluding carboxylic acids is 3. The molecule has 0 saturated carbocycles. The number of benzene rings is 1. The van der Waals surface area contributed by atoms with Gasteiger partial charge < -0.3 is 24.4 Å². The topological polar surface area (TPSA) is 96.4 Å². The van der Waals surface area contributed by atoms with Crippen molar-refractivity contribution in [2.45, 2.75) is 96.4 Å². The Hall–Kier alpha value is -2.97. The van der Waals surface area contributed by atoms with Crippen LogP contribution in [-0.2, 0) is 23.9 Å². The van der Waals surface area contributed by atoms with Gasteiger partial charge in [0.05, 0.1) is 30.8 Å². The van der Waals surface area contributed by atoms with Crippen molar-refractivity contribution in [2.24, 2.45) is 17.8 Å². The maximum Gasteiger partial charge on any atom is 0.312 e. The van der Waals surface area contributed by atoms with Gasteiger partial charge in [-0.2, -0.15) is 0 Å². The molecule has 1 aromatic rings. The molecule has 8 heteroatoms. The van der Waals surface area contributed by atoms with E-state index in [-0.39, 0.29) is 37.5 Å². The molecule has 3 fully saturated rings. The summed E-state index contributed by atoms with van der Waals surface area (Å²) in [5.74, 6) is -2.84. The second kappa shape index (κ2) is 12.7. The number of nitrogens with zero attached hydrogens (tertiary/aromatic N) is 2. The fraction of sp³-hybridized carbons (Fsp3) is 0.618. The molecule has 1 N–H and O–H groups in total. The molecule has 3 saturated heterocycles. The van der Waals surface area contributed by atoms with Crippen LogP contribution in [0, 0.1) is 31.6 Å². The van der Waals surface area contributed by atoms with Crippen LogP contribution in [0.5, 0.6) is 0 Å². The number of carbonyl (C=O) groups is 3. The summed E-state index contributed by atoms with van der Waals surface area (Å²) in [5.41, 5.74) is 0.542. The Bertz CT molecular complexity index is 1210. The van der Waals surface area contributed by atoms with Gasteiger partial charge in [-0.1, -0.05) is 44.6 Å². The Kier molecular flexibility index (Phi) is 9.68. The molecule has 7 atom stereocenters. The van der Waals surface area contributed by atoms with Crippen molar-refractivity contribution in [1.29, 1.82) is 0 Å². The normalized spacial score (nSPS) is 29.2. The summed E-state index contributed by atoms with van der Waals surface area (Å²) >= 11 is 0. The van der Waals surface area contributed by atoms with Gasteiger partial charge in [-0.25, -0.2) is 0 Å². The second-order valence-corrected chi connectivity index (χ2v) is 12.6. The van der Waals surface area contributed by atoms with E-state index in [2.05, 4.69) is 13.2 Å². The molecule has 230 valence electrons. The van der Waals surface area contributed by atoms with Gasteiger partial charge in [0.25, 0.3) is 5.91 Å². The number of aryl methyl sites for hydroxylation is 2. The third-order valence-corrected chi connectivity index (χ3v) is 9.83. The van der Waals surface area contributed by atoms with Crippen LogP contribution in [0.3, 0.4) is 0 Å². The number of hydrogen-bond donors (Lipinski definition) is 1. The molecular formula is C34H48N2O6. The average Bonchev–Trinajstić information content (AvgIpc) is 3.53. The highest BCUT2D eigenvalue weighted by Gasteiger charge is 2.79. The van der Waals surface area contributed by atoms with E-state index in [0.717, 1.165) is 29.7 Å². The Labute approximate surface area is 250 Å². The summed E-state index contributed by atoms with van der Waals surface area (Å²) in [7, 11) is 0. The molecule has 42 heavy (non-hydrogen) atoms. The predicted octanol–water partition coefficient (Wildman–Crippen LogP) is 4.89. The number of unbranched alkanes of at least 4 members (excludes halogenated alkanes) is 2. The van der Waals surface area contributed by atoms with E-state index in [9.17, 15) is 19.5 Å². The van der Waals surface area contributed by atoms with E-state index in [4.69, 9.17) is 9.47 Å². The van der Waals surface area contributed by atoms with E-state index in [1.54, 1.807) is 15.9 Å². The lowest BCUT2D eigenvalue weighted by molar-refractivity contribution is -0.161. The fourth-order valence-electron chi connectivity index (χ4n) is 7.42. The molecule has 1 aromatic carbocycles. The first-order valence-corrected chi connectivity index (χ1v) is 15.4. The second-order valence-electron chi connectivity index (χ2n) is 12.6. The Balaban J connectivity index is 1.80. The Morgan fingerprint density at radius 2 is 1.98 bits per heavy atom. The van der Waals surface area contributed by atoms with Crippen molar-refractivity contribution in [1.82, 2.24) is 4.90 Å². The Morgan fingerprint density at radius 3 is 2.62 bits per heavy atom. The first-order chi connectivity index (χ1) is 20.0. The number of hydrogen-bond acceptors (Lipinski definition) is 6. The lowest BCUT2D eigenvalue weighted by Gasteiger charge is -2.41. The summed E-state index contributed by atoms with van der Waals surface area (Å²) in [6.45, 7) is 17.6. The third-order valence-electron chi connectivity index (χ3n) is 9.83. The molecule has 2 bridgehead atoms. The Morgan fingerprint density at radius 1 is 1.24 bits per heavy atom. The molecule has 8 nitrogen and oxygen atoms in total. The van der Waals surface area contributed by atoms with Gasteiger partial charge in [0.1, 0.15) is 17.6 Å². The number of aliphatic hydroxyl groups is 1. The zero-order chi connectivity index (χ0) is 30.8. The molecular weight excluding hydrogens is 532 g/mol. The quantitative estimate of drug-likeness (QED) is 0.191. The van der Waals surface area contributed by atoms with Crippen LogP contribution in [0.2, 0.25) is 0 Å². The molecule has 1 spiro atoms. The van der Waals surface area contributed by atoms with Gasteiger partial charge in [-0.15, -0.1) is 13.2 Å². The van der Waals surface area contributed by atoms with Gasteiger partial charge in [-0.05, 0) is 76.0 Å². The lowest BCUT2D eigenvalue weighted by atomic mass is 9.66. The highest BCUT2D eigenvalue weighted by Crippen LogP contribution is 2.64. The largest absolute Gasteiger partial charge is 0.465 e. The SMILES string of the molecule is C=CCCCCOC(=O)[C@H]1[C@H]2C(=O)N([C@@H](CO)[C@@H](C)CC)C(C(=O)N(CC=C)c3cc(C)ccc3C)C23CC[C@]1(C)O3. The van der Waals surface area contributed by atoms with Crippen LogP contribution in [0.1, 0.15) is 70.4 Å². The number of ether oxygens (including phenoxy) is 2. The van der Waals surface area contributed by atoms with Crippen molar-refractivity contribution in [3.63, 3.8) is 0 Å². The smallest absolute Gasteiger partial charge is 0.312 e. The summed E-state index contributed by atoms with van der Waals surface area (Å²) < 4.78 is 12.5. The van der Waals surface area contributed by atoms with Gasteiger partial charge in [0.15, 0.2) is 0 Å². The third kappa shape index (κ3) is 5.32.